The summed E-state index contributed by atoms with van der Waals surface area (Å²) in [4.78, 5) is 13.4. The lowest BCUT2D eigenvalue weighted by Gasteiger charge is -2.30. The molecule has 1 aliphatic heterocycles. The van der Waals surface area contributed by atoms with Crippen LogP contribution in [0.15, 0.2) is 12.4 Å². The minimum absolute atomic E-state index is 0.0881. The Kier molecular flexibility index (Phi) is 3.56. The molecule has 0 spiro atoms. The molecular weight excluding hydrogens is 204 g/mol. The zero-order valence-electron chi connectivity index (χ0n) is 9.35. The Morgan fingerprint density at radius 2 is 2.31 bits per heavy atom. The summed E-state index contributed by atoms with van der Waals surface area (Å²) < 4.78 is 0. The van der Waals surface area contributed by atoms with E-state index in [1.165, 1.54) is 5.56 Å². The molecule has 88 valence electrons. The van der Waals surface area contributed by atoms with Gasteiger partial charge in [0.1, 0.15) is 0 Å². The average molecular weight is 222 g/mol. The van der Waals surface area contributed by atoms with E-state index in [1.807, 2.05) is 12.4 Å². The number of primary amides is 1. The third kappa shape index (κ3) is 2.82. The summed E-state index contributed by atoms with van der Waals surface area (Å²) in [5.74, 6) is -0.0559. The molecule has 0 bridgehead atoms. The fraction of sp³-hybridized carbons (Fsp3) is 0.636. The molecule has 5 heteroatoms. The number of nitrogens with one attached hydrogen (secondary N) is 1. The lowest BCUT2D eigenvalue weighted by atomic mass is 9.96. The summed E-state index contributed by atoms with van der Waals surface area (Å²) in [7, 11) is 0. The summed E-state index contributed by atoms with van der Waals surface area (Å²) in [6, 6.07) is 0. The van der Waals surface area contributed by atoms with E-state index in [1.54, 1.807) is 0 Å². The molecule has 1 aromatic heterocycles. The summed E-state index contributed by atoms with van der Waals surface area (Å²) in [6.07, 6.45) is 6.60. The maximum Gasteiger partial charge on any atom is 0.220 e. The van der Waals surface area contributed by atoms with Gasteiger partial charge >= 0.3 is 0 Å². The molecule has 1 fully saturated rings. The maximum atomic E-state index is 11.0. The Bertz CT molecular complexity index is 328. The number of aromatic nitrogens is 2. The van der Waals surface area contributed by atoms with Crippen molar-refractivity contribution in [2.75, 3.05) is 19.6 Å². The Labute approximate surface area is 95.0 Å². The van der Waals surface area contributed by atoms with E-state index in [-0.39, 0.29) is 11.8 Å². The predicted molar refractivity (Wildman–Crippen MR) is 60.7 cm³/mol. The molecule has 0 radical (unpaired) electrons. The highest BCUT2D eigenvalue weighted by atomic mass is 16.1. The van der Waals surface area contributed by atoms with Gasteiger partial charge in [0.2, 0.25) is 5.91 Å². The van der Waals surface area contributed by atoms with Crippen LogP contribution in [-0.2, 0) is 11.2 Å². The van der Waals surface area contributed by atoms with Gasteiger partial charge in [-0.15, -0.1) is 0 Å². The van der Waals surface area contributed by atoms with Crippen molar-refractivity contribution in [3.63, 3.8) is 0 Å². The lowest BCUT2D eigenvalue weighted by Crippen LogP contribution is -2.39. The van der Waals surface area contributed by atoms with Crippen molar-refractivity contribution in [3.8, 4) is 0 Å². The second-order valence-corrected chi connectivity index (χ2v) is 4.37. The average Bonchev–Trinajstić information content (AvgIpc) is 2.80. The maximum absolute atomic E-state index is 11.0. The Morgan fingerprint density at radius 3 is 2.88 bits per heavy atom. The minimum atomic E-state index is -0.144. The topological polar surface area (TPSA) is 75.0 Å². The molecular formula is C11H18N4O. The van der Waals surface area contributed by atoms with Crippen LogP contribution in [0.25, 0.3) is 0 Å². The van der Waals surface area contributed by atoms with Gasteiger partial charge in [-0.05, 0) is 37.9 Å². The van der Waals surface area contributed by atoms with Gasteiger partial charge in [0, 0.05) is 18.7 Å². The van der Waals surface area contributed by atoms with Gasteiger partial charge in [-0.2, -0.15) is 5.10 Å². The Hall–Kier alpha value is -1.36. The van der Waals surface area contributed by atoms with Crippen LogP contribution in [0.2, 0.25) is 0 Å². The van der Waals surface area contributed by atoms with Crippen molar-refractivity contribution in [3.05, 3.63) is 18.0 Å². The Morgan fingerprint density at radius 1 is 1.56 bits per heavy atom. The van der Waals surface area contributed by atoms with E-state index in [2.05, 4.69) is 15.1 Å². The van der Waals surface area contributed by atoms with Crippen molar-refractivity contribution < 1.29 is 4.79 Å². The van der Waals surface area contributed by atoms with Gasteiger partial charge in [0.05, 0.1) is 6.20 Å². The van der Waals surface area contributed by atoms with Crippen molar-refractivity contribution in [1.29, 1.82) is 0 Å². The fourth-order valence-corrected chi connectivity index (χ4v) is 2.14. The Balaban J connectivity index is 1.71. The standard InChI is InChI=1S/C11H18N4O/c12-11(16)10-2-5-15(6-3-10)4-1-9-7-13-14-8-9/h7-8,10H,1-6H2,(H2,12,16)(H,13,14). The number of rotatable bonds is 4. The molecule has 1 amide bonds. The minimum Gasteiger partial charge on any atom is -0.369 e. The highest BCUT2D eigenvalue weighted by Gasteiger charge is 2.22. The molecule has 2 rings (SSSR count). The van der Waals surface area contributed by atoms with Gasteiger partial charge in [0.15, 0.2) is 0 Å². The van der Waals surface area contributed by atoms with E-state index in [0.29, 0.717) is 0 Å². The fourth-order valence-electron chi connectivity index (χ4n) is 2.14. The first kappa shape index (κ1) is 11.1. The number of hydrogen-bond donors (Lipinski definition) is 2. The number of H-pyrrole nitrogens is 1. The van der Waals surface area contributed by atoms with Crippen LogP contribution in [0.1, 0.15) is 18.4 Å². The van der Waals surface area contributed by atoms with Crippen LogP contribution in [-0.4, -0.2) is 40.6 Å². The van der Waals surface area contributed by atoms with Crippen molar-refractivity contribution in [2.24, 2.45) is 11.7 Å². The number of amides is 1. The molecule has 0 aromatic carbocycles. The quantitative estimate of drug-likeness (QED) is 0.761. The van der Waals surface area contributed by atoms with Crippen molar-refractivity contribution in [2.45, 2.75) is 19.3 Å². The molecule has 5 nitrogen and oxygen atoms in total. The highest BCUT2D eigenvalue weighted by molar-refractivity contribution is 5.76. The van der Waals surface area contributed by atoms with Crippen LogP contribution in [0, 0.1) is 5.92 Å². The number of likely N-dealkylation sites (tertiary alicyclic amines) is 1. The summed E-state index contributed by atoms with van der Waals surface area (Å²) in [5, 5.41) is 6.73. The number of nitrogens with zero attached hydrogens (tertiary/aromatic N) is 2. The lowest BCUT2D eigenvalue weighted by molar-refractivity contribution is -0.123. The van der Waals surface area contributed by atoms with Gasteiger partial charge in [-0.1, -0.05) is 0 Å². The third-order valence-corrected chi connectivity index (χ3v) is 3.26. The van der Waals surface area contributed by atoms with E-state index >= 15 is 0 Å². The first-order chi connectivity index (χ1) is 7.75. The number of aromatic amines is 1. The van der Waals surface area contributed by atoms with Gasteiger partial charge < -0.3 is 10.6 Å². The van der Waals surface area contributed by atoms with E-state index in [9.17, 15) is 4.79 Å². The number of nitrogens with two attached hydrogens (primary N) is 1. The molecule has 16 heavy (non-hydrogen) atoms. The van der Waals surface area contributed by atoms with Crippen LogP contribution in [0.4, 0.5) is 0 Å². The van der Waals surface area contributed by atoms with Gasteiger partial charge in [-0.3, -0.25) is 9.89 Å². The van der Waals surface area contributed by atoms with Crippen LogP contribution in [0.3, 0.4) is 0 Å². The normalized spacial score (nSPS) is 18.8. The van der Waals surface area contributed by atoms with Crippen LogP contribution >= 0.6 is 0 Å². The van der Waals surface area contributed by atoms with Gasteiger partial charge in [-0.25, -0.2) is 0 Å². The molecule has 0 unspecified atom stereocenters. The molecule has 2 heterocycles. The highest BCUT2D eigenvalue weighted by Crippen LogP contribution is 2.16. The number of hydrogen-bond acceptors (Lipinski definition) is 3. The smallest absolute Gasteiger partial charge is 0.220 e. The summed E-state index contributed by atoms with van der Waals surface area (Å²) >= 11 is 0. The first-order valence-electron chi connectivity index (χ1n) is 5.75. The molecule has 3 N–H and O–H groups in total. The van der Waals surface area contributed by atoms with E-state index < -0.39 is 0 Å². The van der Waals surface area contributed by atoms with Crippen molar-refractivity contribution in [1.82, 2.24) is 15.1 Å². The second kappa shape index (κ2) is 5.12. The number of carbonyl (C=O) groups excluding carboxylic acids is 1. The number of piperidine rings is 1. The zero-order valence-corrected chi connectivity index (χ0v) is 9.35. The SMILES string of the molecule is NC(=O)C1CCN(CCc2cn[nH]c2)CC1. The monoisotopic (exact) mass is 222 g/mol. The van der Waals surface area contributed by atoms with Crippen molar-refractivity contribution >= 4 is 5.91 Å². The second-order valence-electron chi connectivity index (χ2n) is 4.37. The molecule has 1 saturated heterocycles. The van der Waals surface area contributed by atoms with E-state index in [4.69, 9.17) is 5.73 Å². The molecule has 1 aliphatic rings. The third-order valence-electron chi connectivity index (χ3n) is 3.26. The predicted octanol–water partition coefficient (Wildman–Crippen LogP) is 0.150. The molecule has 1 aromatic rings. The summed E-state index contributed by atoms with van der Waals surface area (Å²) in [6.45, 7) is 2.99. The van der Waals surface area contributed by atoms with Crippen LogP contribution < -0.4 is 5.73 Å². The summed E-state index contributed by atoms with van der Waals surface area (Å²) in [5.41, 5.74) is 6.53. The van der Waals surface area contributed by atoms with E-state index in [0.717, 1.165) is 38.9 Å². The molecule has 0 atom stereocenters. The largest absolute Gasteiger partial charge is 0.369 e. The van der Waals surface area contributed by atoms with Crippen LogP contribution in [0.5, 0.6) is 0 Å². The molecule has 0 aliphatic carbocycles. The first-order valence-corrected chi connectivity index (χ1v) is 5.75. The van der Waals surface area contributed by atoms with Gasteiger partial charge in [0.25, 0.3) is 0 Å². The molecule has 0 saturated carbocycles. The zero-order chi connectivity index (χ0) is 11.4. The number of carbonyl (C=O) groups is 1.